The molecule has 2 atom stereocenters. The van der Waals surface area contributed by atoms with E-state index in [2.05, 4.69) is 48.4 Å². The summed E-state index contributed by atoms with van der Waals surface area (Å²) >= 11 is 24.1. The second kappa shape index (κ2) is 10.1. The average molecular weight is 490 g/mol. The number of ether oxygens (including phenoxy) is 1. The van der Waals surface area contributed by atoms with Crippen LogP contribution in [0.3, 0.4) is 0 Å². The molecule has 0 unspecified atom stereocenters. The Labute approximate surface area is 197 Å². The SMILES string of the molecule is CC(C)[C@@H]1C[C@](CCNC(=O)c2nc(Cl)c(Cl)c(Cl)c2Cl)(c2ccccc2)CCO1. The van der Waals surface area contributed by atoms with Gasteiger partial charge in [-0.2, -0.15) is 0 Å². The molecule has 2 aromatic rings. The van der Waals surface area contributed by atoms with Crippen molar-refractivity contribution in [3.8, 4) is 0 Å². The number of aromatic nitrogens is 1. The van der Waals surface area contributed by atoms with Crippen molar-refractivity contribution < 1.29 is 9.53 Å². The van der Waals surface area contributed by atoms with Gasteiger partial charge in [0.25, 0.3) is 5.91 Å². The smallest absolute Gasteiger partial charge is 0.271 e. The van der Waals surface area contributed by atoms with Crippen molar-refractivity contribution in [1.29, 1.82) is 0 Å². The molecule has 8 heteroatoms. The number of amides is 1. The Bertz CT molecular complexity index is 908. The fourth-order valence-electron chi connectivity index (χ4n) is 3.94. The molecule has 30 heavy (non-hydrogen) atoms. The van der Waals surface area contributed by atoms with Crippen LogP contribution in [0, 0.1) is 5.92 Å². The van der Waals surface area contributed by atoms with E-state index in [4.69, 9.17) is 51.1 Å². The number of nitrogens with zero attached hydrogens (tertiary/aromatic N) is 1. The molecule has 4 nitrogen and oxygen atoms in total. The number of pyridine rings is 1. The summed E-state index contributed by atoms with van der Waals surface area (Å²) in [7, 11) is 0. The van der Waals surface area contributed by atoms with Crippen molar-refractivity contribution in [2.45, 2.75) is 44.6 Å². The van der Waals surface area contributed by atoms with Crippen LogP contribution in [0.1, 0.15) is 49.2 Å². The number of nitrogens with one attached hydrogen (secondary N) is 1. The highest BCUT2D eigenvalue weighted by molar-refractivity contribution is 6.52. The predicted molar refractivity (Wildman–Crippen MR) is 123 cm³/mol. The van der Waals surface area contributed by atoms with Crippen LogP contribution in [0.4, 0.5) is 0 Å². The lowest BCUT2D eigenvalue weighted by Gasteiger charge is -2.43. The molecule has 3 rings (SSSR count). The van der Waals surface area contributed by atoms with Crippen LogP contribution in [-0.4, -0.2) is 30.1 Å². The Morgan fingerprint density at radius 2 is 1.87 bits per heavy atom. The molecule has 1 saturated heterocycles. The van der Waals surface area contributed by atoms with E-state index in [-0.39, 0.29) is 37.4 Å². The van der Waals surface area contributed by atoms with Crippen LogP contribution in [0.2, 0.25) is 20.2 Å². The monoisotopic (exact) mass is 488 g/mol. The standard InChI is InChI=1S/C22H24Cl4N2O2/c1-13(2)15-12-22(9-11-30-15,14-6-4-3-5-7-14)8-10-27-21(29)19-17(24)16(23)18(25)20(26)28-19/h3-7,13,15H,8-12H2,1-2H3,(H,27,29)/t15-,22+/m0/s1. The van der Waals surface area contributed by atoms with Crippen molar-refractivity contribution >= 4 is 52.3 Å². The third-order valence-corrected chi connectivity index (χ3v) is 7.40. The average Bonchev–Trinajstić information content (AvgIpc) is 2.75. The number of benzene rings is 1. The maximum atomic E-state index is 12.7. The molecular formula is C22H24Cl4N2O2. The first-order valence-electron chi connectivity index (χ1n) is 9.90. The molecule has 1 fully saturated rings. The van der Waals surface area contributed by atoms with Gasteiger partial charge in [-0.3, -0.25) is 4.79 Å². The molecule has 162 valence electrons. The number of rotatable bonds is 6. The lowest BCUT2D eigenvalue weighted by atomic mass is 9.68. The Hall–Kier alpha value is -1.04. The van der Waals surface area contributed by atoms with Crippen molar-refractivity contribution in [3.63, 3.8) is 0 Å². The van der Waals surface area contributed by atoms with Gasteiger partial charge >= 0.3 is 0 Å². The molecule has 0 bridgehead atoms. The second-order valence-electron chi connectivity index (χ2n) is 7.95. The van der Waals surface area contributed by atoms with Gasteiger partial charge in [0.15, 0.2) is 0 Å². The molecule has 0 spiro atoms. The molecule has 1 aromatic carbocycles. The zero-order valence-corrected chi connectivity index (χ0v) is 19.9. The number of hydrogen-bond acceptors (Lipinski definition) is 3. The maximum absolute atomic E-state index is 12.7. The minimum Gasteiger partial charge on any atom is -0.378 e. The molecule has 1 amide bonds. The summed E-state index contributed by atoms with van der Waals surface area (Å²) < 4.78 is 6.01. The highest BCUT2D eigenvalue weighted by Gasteiger charge is 2.39. The van der Waals surface area contributed by atoms with Crippen LogP contribution >= 0.6 is 46.4 Å². The molecule has 0 aliphatic carbocycles. The zero-order chi connectivity index (χ0) is 21.9. The van der Waals surface area contributed by atoms with Gasteiger partial charge < -0.3 is 10.1 Å². The molecular weight excluding hydrogens is 466 g/mol. The Kier molecular flexibility index (Phi) is 7.92. The van der Waals surface area contributed by atoms with Crippen LogP contribution < -0.4 is 5.32 Å². The van der Waals surface area contributed by atoms with Gasteiger partial charge in [-0.25, -0.2) is 4.98 Å². The summed E-state index contributed by atoms with van der Waals surface area (Å²) in [6.07, 6.45) is 2.75. The van der Waals surface area contributed by atoms with Crippen LogP contribution in [-0.2, 0) is 10.2 Å². The van der Waals surface area contributed by atoms with Crippen LogP contribution in [0.5, 0.6) is 0 Å². The quantitative estimate of drug-likeness (QED) is 0.465. The van der Waals surface area contributed by atoms with Gasteiger partial charge in [-0.05, 0) is 30.7 Å². The summed E-state index contributed by atoms with van der Waals surface area (Å²) in [4.78, 5) is 16.7. The van der Waals surface area contributed by atoms with Gasteiger partial charge in [-0.15, -0.1) is 0 Å². The van der Waals surface area contributed by atoms with E-state index in [1.165, 1.54) is 5.56 Å². The summed E-state index contributed by atoms with van der Waals surface area (Å²) in [5.74, 6) is -0.0134. The lowest BCUT2D eigenvalue weighted by Crippen LogP contribution is -2.43. The molecule has 2 heterocycles. The summed E-state index contributed by atoms with van der Waals surface area (Å²) in [6, 6.07) is 10.4. The van der Waals surface area contributed by atoms with E-state index in [1.54, 1.807) is 0 Å². The van der Waals surface area contributed by atoms with Crippen molar-refractivity contribution in [2.75, 3.05) is 13.2 Å². The van der Waals surface area contributed by atoms with Crippen LogP contribution in [0.25, 0.3) is 0 Å². The minimum absolute atomic E-state index is 0.00715. The fraction of sp³-hybridized carbons (Fsp3) is 0.455. The first-order chi connectivity index (χ1) is 14.2. The Morgan fingerprint density at radius 3 is 2.53 bits per heavy atom. The van der Waals surface area contributed by atoms with E-state index in [9.17, 15) is 4.79 Å². The highest BCUT2D eigenvalue weighted by atomic mass is 35.5. The number of hydrogen-bond donors (Lipinski definition) is 1. The molecule has 0 radical (unpaired) electrons. The summed E-state index contributed by atoms with van der Waals surface area (Å²) in [5.41, 5.74) is 1.16. The minimum atomic E-state index is -0.434. The summed E-state index contributed by atoms with van der Waals surface area (Å²) in [6.45, 7) is 5.50. The van der Waals surface area contributed by atoms with Gasteiger partial charge in [-0.1, -0.05) is 90.6 Å². The van der Waals surface area contributed by atoms with E-state index >= 15 is 0 Å². The first kappa shape index (κ1) is 23.6. The van der Waals surface area contributed by atoms with E-state index in [0.29, 0.717) is 19.1 Å². The normalized spacial score (nSPS) is 21.6. The molecule has 1 aliphatic heterocycles. The van der Waals surface area contributed by atoms with E-state index in [1.807, 2.05) is 6.07 Å². The summed E-state index contributed by atoms with van der Waals surface area (Å²) in [5, 5.41) is 2.90. The lowest BCUT2D eigenvalue weighted by molar-refractivity contribution is -0.0468. The Morgan fingerprint density at radius 1 is 1.17 bits per heavy atom. The van der Waals surface area contributed by atoms with E-state index in [0.717, 1.165) is 19.3 Å². The van der Waals surface area contributed by atoms with Crippen molar-refractivity contribution in [3.05, 3.63) is 61.8 Å². The molecule has 0 saturated carbocycles. The van der Waals surface area contributed by atoms with Crippen LogP contribution in [0.15, 0.2) is 30.3 Å². The third-order valence-electron chi connectivity index (χ3n) is 5.72. The molecule has 1 aliphatic rings. The Balaban J connectivity index is 1.77. The zero-order valence-electron chi connectivity index (χ0n) is 16.9. The first-order valence-corrected chi connectivity index (χ1v) is 11.4. The maximum Gasteiger partial charge on any atom is 0.271 e. The second-order valence-corrected chi connectivity index (χ2v) is 9.44. The van der Waals surface area contributed by atoms with Gasteiger partial charge in [0, 0.05) is 18.6 Å². The number of carbonyl (C=O) groups excluding carboxylic acids is 1. The fourth-order valence-corrected chi connectivity index (χ4v) is 4.76. The van der Waals surface area contributed by atoms with Gasteiger partial charge in [0.2, 0.25) is 0 Å². The molecule has 1 N–H and O–H groups in total. The van der Waals surface area contributed by atoms with E-state index < -0.39 is 5.91 Å². The van der Waals surface area contributed by atoms with Crippen molar-refractivity contribution in [1.82, 2.24) is 10.3 Å². The topological polar surface area (TPSA) is 51.2 Å². The predicted octanol–water partition coefficient (Wildman–Crippen LogP) is 6.59. The van der Waals surface area contributed by atoms with Gasteiger partial charge in [0.1, 0.15) is 10.8 Å². The van der Waals surface area contributed by atoms with Crippen molar-refractivity contribution in [2.24, 2.45) is 5.92 Å². The number of carbonyl (C=O) groups is 1. The third kappa shape index (κ3) is 5.05. The molecule has 1 aromatic heterocycles. The number of halogens is 4. The van der Waals surface area contributed by atoms with Gasteiger partial charge in [0.05, 0.1) is 21.2 Å². The largest absolute Gasteiger partial charge is 0.378 e. The highest BCUT2D eigenvalue weighted by Crippen LogP contribution is 2.42.